The Balaban J connectivity index is 1.61. The number of hydrogen-bond acceptors (Lipinski definition) is 6. The van der Waals surface area contributed by atoms with Crippen molar-refractivity contribution < 1.29 is 27.4 Å². The quantitative estimate of drug-likeness (QED) is 0.807. The largest absolute Gasteiger partial charge is 0.467 e. The maximum atomic E-state index is 12.3. The molecular formula is C17H16ClF3N4O3. The van der Waals surface area contributed by atoms with Gasteiger partial charge in [0.25, 0.3) is 5.91 Å². The van der Waals surface area contributed by atoms with Crippen LogP contribution in [0.5, 0.6) is 5.88 Å². The van der Waals surface area contributed by atoms with Crippen molar-refractivity contribution in [3.05, 3.63) is 41.2 Å². The van der Waals surface area contributed by atoms with Crippen LogP contribution < -0.4 is 15.0 Å². The van der Waals surface area contributed by atoms with E-state index in [1.54, 1.807) is 12.3 Å². The Hall–Kier alpha value is -2.59. The molecule has 1 fully saturated rings. The summed E-state index contributed by atoms with van der Waals surface area (Å²) in [6.07, 6.45) is -1.80. The van der Waals surface area contributed by atoms with Crippen LogP contribution in [0.15, 0.2) is 30.6 Å². The monoisotopic (exact) mass is 416 g/mol. The van der Waals surface area contributed by atoms with Crippen LogP contribution in [0.25, 0.3) is 0 Å². The van der Waals surface area contributed by atoms with Crippen molar-refractivity contribution in [3.8, 4) is 5.88 Å². The lowest BCUT2D eigenvalue weighted by molar-refractivity contribution is -0.154. The highest BCUT2D eigenvalue weighted by atomic mass is 35.5. The molecule has 0 atom stereocenters. The second kappa shape index (κ2) is 8.61. The minimum Gasteiger partial charge on any atom is -0.467 e. The van der Waals surface area contributed by atoms with E-state index >= 15 is 0 Å². The van der Waals surface area contributed by atoms with Crippen molar-refractivity contribution in [2.75, 3.05) is 43.1 Å². The third-order valence-corrected chi connectivity index (χ3v) is 4.08. The molecular weight excluding hydrogens is 401 g/mol. The summed E-state index contributed by atoms with van der Waals surface area (Å²) in [4.78, 5) is 22.3. The maximum absolute atomic E-state index is 12.3. The minimum absolute atomic E-state index is 0.0587. The fourth-order valence-electron chi connectivity index (χ4n) is 2.46. The molecule has 150 valence electrons. The van der Waals surface area contributed by atoms with Crippen LogP contribution in [0.4, 0.5) is 24.7 Å². The molecule has 1 N–H and O–H groups in total. The molecule has 0 bridgehead atoms. The van der Waals surface area contributed by atoms with Gasteiger partial charge in [-0.05, 0) is 18.2 Å². The summed E-state index contributed by atoms with van der Waals surface area (Å²) in [5, 5.41) is 2.38. The van der Waals surface area contributed by atoms with Gasteiger partial charge in [-0.1, -0.05) is 11.6 Å². The average Bonchev–Trinajstić information content (AvgIpc) is 2.67. The first-order valence-electron chi connectivity index (χ1n) is 8.27. The lowest BCUT2D eigenvalue weighted by Crippen LogP contribution is -2.36. The number of amides is 1. The van der Waals surface area contributed by atoms with Gasteiger partial charge in [0.1, 0.15) is 10.8 Å². The third-order valence-electron chi connectivity index (χ3n) is 3.81. The number of carbonyl (C=O) groups is 1. The van der Waals surface area contributed by atoms with Gasteiger partial charge < -0.3 is 19.7 Å². The van der Waals surface area contributed by atoms with Crippen LogP contribution >= 0.6 is 11.6 Å². The number of pyridine rings is 2. The average molecular weight is 417 g/mol. The Kier molecular flexibility index (Phi) is 6.20. The molecule has 7 nitrogen and oxygen atoms in total. The molecule has 0 saturated carbocycles. The summed E-state index contributed by atoms with van der Waals surface area (Å²) in [7, 11) is 0. The van der Waals surface area contributed by atoms with E-state index < -0.39 is 24.6 Å². The van der Waals surface area contributed by atoms with Crippen LogP contribution in [-0.4, -0.2) is 55.0 Å². The van der Waals surface area contributed by atoms with E-state index in [4.69, 9.17) is 16.3 Å². The zero-order valence-corrected chi connectivity index (χ0v) is 15.3. The number of hydrogen-bond donors (Lipinski definition) is 1. The smallest absolute Gasteiger partial charge is 0.422 e. The van der Waals surface area contributed by atoms with Gasteiger partial charge in [0.05, 0.1) is 30.7 Å². The van der Waals surface area contributed by atoms with Gasteiger partial charge in [-0.3, -0.25) is 4.79 Å². The second-order valence-electron chi connectivity index (χ2n) is 5.87. The van der Waals surface area contributed by atoms with Crippen molar-refractivity contribution in [2.45, 2.75) is 6.18 Å². The van der Waals surface area contributed by atoms with E-state index in [0.717, 1.165) is 25.0 Å². The van der Waals surface area contributed by atoms with Crippen LogP contribution in [0.2, 0.25) is 5.02 Å². The second-order valence-corrected chi connectivity index (χ2v) is 6.28. The van der Waals surface area contributed by atoms with E-state index in [0.29, 0.717) is 19.0 Å². The van der Waals surface area contributed by atoms with Gasteiger partial charge in [-0.2, -0.15) is 13.2 Å². The first-order chi connectivity index (χ1) is 13.3. The molecule has 0 aromatic carbocycles. The molecule has 0 spiro atoms. The van der Waals surface area contributed by atoms with Gasteiger partial charge in [0.2, 0.25) is 5.88 Å². The molecule has 0 aliphatic carbocycles. The van der Waals surface area contributed by atoms with Gasteiger partial charge in [-0.25, -0.2) is 9.97 Å². The molecule has 11 heteroatoms. The Morgan fingerprint density at radius 2 is 2.00 bits per heavy atom. The van der Waals surface area contributed by atoms with E-state index in [1.807, 2.05) is 6.07 Å². The molecule has 2 aromatic heterocycles. The molecule has 3 rings (SSSR count). The molecule has 1 aliphatic rings. The zero-order chi connectivity index (χ0) is 20.1. The van der Waals surface area contributed by atoms with E-state index in [1.165, 1.54) is 6.07 Å². The van der Waals surface area contributed by atoms with Crippen molar-refractivity contribution >= 4 is 29.0 Å². The predicted octanol–water partition coefficient (Wildman–Crippen LogP) is 3.16. The van der Waals surface area contributed by atoms with Crippen LogP contribution in [0.3, 0.4) is 0 Å². The molecule has 0 unspecified atom stereocenters. The molecule has 28 heavy (non-hydrogen) atoms. The number of halogens is 4. The van der Waals surface area contributed by atoms with Crippen molar-refractivity contribution in [1.82, 2.24) is 9.97 Å². The Bertz CT molecular complexity index is 827. The number of anilines is 2. The van der Waals surface area contributed by atoms with Crippen LogP contribution in [0.1, 0.15) is 10.4 Å². The molecule has 1 saturated heterocycles. The summed E-state index contributed by atoms with van der Waals surface area (Å²) < 4.78 is 46.4. The van der Waals surface area contributed by atoms with E-state index in [2.05, 4.69) is 24.9 Å². The number of aromatic nitrogens is 2. The van der Waals surface area contributed by atoms with E-state index in [9.17, 15) is 18.0 Å². The number of carbonyl (C=O) groups excluding carboxylic acids is 1. The fourth-order valence-corrected chi connectivity index (χ4v) is 2.68. The summed E-state index contributed by atoms with van der Waals surface area (Å²) in [6, 6.07) is 4.66. The maximum Gasteiger partial charge on any atom is 0.422 e. The number of nitrogens with zero attached hydrogens (tertiary/aromatic N) is 3. The zero-order valence-electron chi connectivity index (χ0n) is 14.5. The summed E-state index contributed by atoms with van der Waals surface area (Å²) in [5.41, 5.74) is 0.973. The van der Waals surface area contributed by atoms with Crippen molar-refractivity contribution in [1.29, 1.82) is 0 Å². The minimum atomic E-state index is -4.51. The van der Waals surface area contributed by atoms with Crippen molar-refractivity contribution in [2.24, 2.45) is 0 Å². The van der Waals surface area contributed by atoms with E-state index in [-0.39, 0.29) is 10.6 Å². The molecule has 2 aromatic rings. The van der Waals surface area contributed by atoms with Gasteiger partial charge in [0, 0.05) is 19.3 Å². The first kappa shape index (κ1) is 20.2. The molecule has 0 radical (unpaired) electrons. The topological polar surface area (TPSA) is 76.6 Å². The highest BCUT2D eigenvalue weighted by Gasteiger charge is 2.29. The SMILES string of the molecule is O=C(Nc1ccc(N2CCOCC2)cn1)c1cnc(OCC(F)(F)F)c(Cl)c1. The number of nitrogens with one attached hydrogen (secondary N) is 1. The summed E-state index contributed by atoms with van der Waals surface area (Å²) in [6.45, 7) is 1.30. The van der Waals surface area contributed by atoms with Gasteiger partial charge in [0.15, 0.2) is 6.61 Å². The predicted molar refractivity (Wildman–Crippen MR) is 96.0 cm³/mol. The molecule has 1 amide bonds. The Morgan fingerprint density at radius 1 is 1.25 bits per heavy atom. The first-order valence-corrected chi connectivity index (χ1v) is 8.65. The van der Waals surface area contributed by atoms with Gasteiger partial charge in [-0.15, -0.1) is 0 Å². The number of alkyl halides is 3. The fraction of sp³-hybridized carbons (Fsp3) is 0.353. The molecule has 3 heterocycles. The van der Waals surface area contributed by atoms with Gasteiger partial charge >= 0.3 is 6.18 Å². The standard InChI is InChI=1S/C17H16ClF3N4O3/c18-13-7-11(8-23-16(13)28-10-17(19,20)21)15(26)24-14-2-1-12(9-22-14)25-3-5-27-6-4-25/h1-2,7-9H,3-6,10H2,(H,22,24,26). The highest BCUT2D eigenvalue weighted by Crippen LogP contribution is 2.25. The number of rotatable bonds is 5. The number of morpholine rings is 1. The summed E-state index contributed by atoms with van der Waals surface area (Å²) >= 11 is 5.85. The third kappa shape index (κ3) is 5.46. The van der Waals surface area contributed by atoms with Crippen LogP contribution in [0, 0.1) is 0 Å². The Morgan fingerprint density at radius 3 is 2.61 bits per heavy atom. The summed E-state index contributed by atoms with van der Waals surface area (Å²) in [5.74, 6) is -0.637. The normalized spacial score (nSPS) is 14.6. The van der Waals surface area contributed by atoms with Crippen LogP contribution in [-0.2, 0) is 4.74 Å². The number of ether oxygens (including phenoxy) is 2. The molecule has 1 aliphatic heterocycles. The lowest BCUT2D eigenvalue weighted by atomic mass is 10.2. The highest BCUT2D eigenvalue weighted by molar-refractivity contribution is 6.32. The Labute approximate surface area is 163 Å². The lowest BCUT2D eigenvalue weighted by Gasteiger charge is -2.28. The van der Waals surface area contributed by atoms with Crippen molar-refractivity contribution in [3.63, 3.8) is 0 Å².